The van der Waals surface area contributed by atoms with Gasteiger partial charge in [0.05, 0.1) is 0 Å². The van der Waals surface area contributed by atoms with Crippen molar-refractivity contribution >= 4 is 21.9 Å². The molecular formula is C6H8BrF3O2. The highest BCUT2D eigenvalue weighted by atomic mass is 79.9. The zero-order valence-corrected chi connectivity index (χ0v) is 7.74. The summed E-state index contributed by atoms with van der Waals surface area (Å²) in [6, 6.07) is 0. The molecule has 0 aliphatic heterocycles. The minimum Gasteiger partial charge on any atom is -0.456 e. The molecule has 0 heterocycles. The third-order valence-corrected chi connectivity index (χ3v) is 1.47. The van der Waals surface area contributed by atoms with Gasteiger partial charge in [-0.3, -0.25) is 4.79 Å². The van der Waals surface area contributed by atoms with Crippen molar-refractivity contribution in [1.29, 1.82) is 0 Å². The molecule has 0 amide bonds. The maximum atomic E-state index is 11.5. The lowest BCUT2D eigenvalue weighted by atomic mass is 10.3. The Kier molecular flexibility index (Phi) is 5.28. The Morgan fingerprint density at radius 2 is 2.00 bits per heavy atom. The van der Waals surface area contributed by atoms with Crippen LogP contribution in [0.4, 0.5) is 13.2 Å². The minimum atomic E-state index is -4.43. The van der Waals surface area contributed by atoms with Gasteiger partial charge in [0, 0.05) is 11.8 Å². The van der Waals surface area contributed by atoms with Crippen LogP contribution in [0.2, 0.25) is 0 Å². The maximum Gasteiger partial charge on any atom is 0.422 e. The van der Waals surface area contributed by atoms with Crippen molar-refractivity contribution in [2.24, 2.45) is 0 Å². The zero-order chi connectivity index (χ0) is 9.61. The summed E-state index contributed by atoms with van der Waals surface area (Å²) in [5.41, 5.74) is 0. The normalized spacial score (nSPS) is 11.3. The fourth-order valence-electron chi connectivity index (χ4n) is 0.446. The van der Waals surface area contributed by atoms with Crippen molar-refractivity contribution in [1.82, 2.24) is 0 Å². The van der Waals surface area contributed by atoms with Crippen LogP contribution < -0.4 is 0 Å². The van der Waals surface area contributed by atoms with Gasteiger partial charge in [0.1, 0.15) is 0 Å². The molecule has 0 N–H and O–H groups in total. The zero-order valence-electron chi connectivity index (χ0n) is 6.16. The summed E-state index contributed by atoms with van der Waals surface area (Å²) in [5.74, 6) is -0.813. The molecule has 0 radical (unpaired) electrons. The molecule has 2 nitrogen and oxygen atoms in total. The van der Waals surface area contributed by atoms with Crippen LogP contribution >= 0.6 is 15.9 Å². The van der Waals surface area contributed by atoms with Crippen molar-refractivity contribution in [2.45, 2.75) is 19.0 Å². The average molecular weight is 249 g/mol. The topological polar surface area (TPSA) is 26.3 Å². The summed E-state index contributed by atoms with van der Waals surface area (Å²) in [6.07, 6.45) is -3.93. The first-order chi connectivity index (χ1) is 5.45. The van der Waals surface area contributed by atoms with Gasteiger partial charge in [0.15, 0.2) is 6.61 Å². The molecule has 0 aliphatic rings. The quantitative estimate of drug-likeness (QED) is 0.564. The van der Waals surface area contributed by atoms with Gasteiger partial charge < -0.3 is 4.74 Å². The van der Waals surface area contributed by atoms with E-state index in [-0.39, 0.29) is 6.42 Å². The summed E-state index contributed by atoms with van der Waals surface area (Å²) < 4.78 is 38.3. The molecule has 0 atom stereocenters. The van der Waals surface area contributed by atoms with E-state index in [4.69, 9.17) is 0 Å². The molecule has 0 fully saturated rings. The molecule has 0 saturated heterocycles. The summed E-state index contributed by atoms with van der Waals surface area (Å²) in [5, 5.41) is 0.577. The predicted molar refractivity (Wildman–Crippen MR) is 40.0 cm³/mol. The van der Waals surface area contributed by atoms with Crippen molar-refractivity contribution in [3.63, 3.8) is 0 Å². The predicted octanol–water partition coefficient (Wildman–Crippen LogP) is 2.27. The molecule has 0 aliphatic carbocycles. The van der Waals surface area contributed by atoms with Crippen molar-refractivity contribution in [3.05, 3.63) is 0 Å². The Labute approximate surface area is 76.2 Å². The second-order valence-corrected chi connectivity index (χ2v) is 2.86. The molecule has 0 rings (SSSR count). The fraction of sp³-hybridized carbons (Fsp3) is 0.833. The lowest BCUT2D eigenvalue weighted by molar-refractivity contribution is -0.186. The second kappa shape index (κ2) is 5.40. The van der Waals surface area contributed by atoms with Gasteiger partial charge in [-0.15, -0.1) is 0 Å². The first-order valence-electron chi connectivity index (χ1n) is 3.24. The van der Waals surface area contributed by atoms with E-state index in [1.54, 1.807) is 0 Å². The standard InChI is InChI=1S/C6H8BrF3O2/c7-3-1-2-5(11)12-4-6(8,9)10/h1-4H2. The van der Waals surface area contributed by atoms with Crippen LogP contribution in [0.3, 0.4) is 0 Å². The van der Waals surface area contributed by atoms with E-state index < -0.39 is 18.8 Å². The third-order valence-electron chi connectivity index (χ3n) is 0.911. The second-order valence-electron chi connectivity index (χ2n) is 2.07. The Morgan fingerprint density at radius 1 is 1.42 bits per heavy atom. The van der Waals surface area contributed by atoms with E-state index >= 15 is 0 Å². The van der Waals surface area contributed by atoms with Gasteiger partial charge >= 0.3 is 12.1 Å². The molecule has 12 heavy (non-hydrogen) atoms. The Balaban J connectivity index is 3.44. The fourth-order valence-corrected chi connectivity index (χ4v) is 0.726. The van der Waals surface area contributed by atoms with Crippen LogP contribution in [-0.2, 0) is 9.53 Å². The number of carbonyl (C=O) groups excluding carboxylic acids is 1. The molecule has 0 bridgehead atoms. The summed E-state index contributed by atoms with van der Waals surface area (Å²) in [7, 11) is 0. The van der Waals surface area contributed by atoms with Crippen LogP contribution in [-0.4, -0.2) is 24.1 Å². The van der Waals surface area contributed by atoms with E-state index in [0.717, 1.165) is 0 Å². The minimum absolute atomic E-state index is 0.0152. The van der Waals surface area contributed by atoms with E-state index in [2.05, 4.69) is 20.7 Å². The number of hydrogen-bond donors (Lipinski definition) is 0. The number of esters is 1. The molecule has 0 aromatic heterocycles. The highest BCUT2D eigenvalue weighted by Crippen LogP contribution is 2.14. The molecule has 0 spiro atoms. The van der Waals surface area contributed by atoms with E-state index in [0.29, 0.717) is 11.8 Å². The van der Waals surface area contributed by atoms with Crippen LogP contribution in [0.25, 0.3) is 0 Å². The lowest BCUT2D eigenvalue weighted by Gasteiger charge is -2.06. The Hall–Kier alpha value is -0.260. The van der Waals surface area contributed by atoms with Crippen LogP contribution in [0.15, 0.2) is 0 Å². The Bertz CT molecular complexity index is 146. The summed E-state index contributed by atoms with van der Waals surface area (Å²) in [6.45, 7) is -1.49. The van der Waals surface area contributed by atoms with Gasteiger partial charge in [-0.2, -0.15) is 13.2 Å². The number of carbonyl (C=O) groups is 1. The summed E-state index contributed by atoms with van der Waals surface area (Å²) in [4.78, 5) is 10.5. The van der Waals surface area contributed by atoms with Crippen molar-refractivity contribution < 1.29 is 22.7 Å². The van der Waals surface area contributed by atoms with E-state index in [9.17, 15) is 18.0 Å². The van der Waals surface area contributed by atoms with Crippen LogP contribution in [0.5, 0.6) is 0 Å². The average Bonchev–Trinajstić information content (AvgIpc) is 1.95. The first-order valence-corrected chi connectivity index (χ1v) is 4.36. The van der Waals surface area contributed by atoms with Gasteiger partial charge in [0.25, 0.3) is 0 Å². The molecule has 0 unspecified atom stereocenters. The highest BCUT2D eigenvalue weighted by molar-refractivity contribution is 9.09. The number of ether oxygens (including phenoxy) is 1. The molecule has 0 aromatic rings. The lowest BCUT2D eigenvalue weighted by Crippen LogP contribution is -2.20. The molecule has 0 saturated carbocycles. The molecule has 0 aromatic carbocycles. The first kappa shape index (κ1) is 11.7. The molecular weight excluding hydrogens is 241 g/mol. The van der Waals surface area contributed by atoms with Crippen LogP contribution in [0.1, 0.15) is 12.8 Å². The number of halogens is 4. The monoisotopic (exact) mass is 248 g/mol. The molecule has 72 valence electrons. The number of hydrogen-bond acceptors (Lipinski definition) is 2. The largest absolute Gasteiger partial charge is 0.456 e. The Morgan fingerprint density at radius 3 is 2.42 bits per heavy atom. The van der Waals surface area contributed by atoms with E-state index in [1.807, 2.05) is 0 Å². The third kappa shape index (κ3) is 7.84. The maximum absolute atomic E-state index is 11.5. The van der Waals surface area contributed by atoms with E-state index in [1.165, 1.54) is 0 Å². The smallest absolute Gasteiger partial charge is 0.422 e. The highest BCUT2D eigenvalue weighted by Gasteiger charge is 2.29. The SMILES string of the molecule is O=C(CCCBr)OCC(F)(F)F. The number of alkyl halides is 4. The van der Waals surface area contributed by atoms with Gasteiger partial charge in [-0.05, 0) is 6.42 Å². The number of rotatable bonds is 4. The van der Waals surface area contributed by atoms with Gasteiger partial charge in [0.2, 0.25) is 0 Å². The van der Waals surface area contributed by atoms with Gasteiger partial charge in [-0.25, -0.2) is 0 Å². The van der Waals surface area contributed by atoms with Crippen molar-refractivity contribution in [2.75, 3.05) is 11.9 Å². The van der Waals surface area contributed by atoms with Crippen molar-refractivity contribution in [3.8, 4) is 0 Å². The van der Waals surface area contributed by atoms with Crippen LogP contribution in [0, 0.1) is 0 Å². The van der Waals surface area contributed by atoms with Gasteiger partial charge in [-0.1, -0.05) is 15.9 Å². The summed E-state index contributed by atoms with van der Waals surface area (Å²) >= 11 is 3.04. The molecule has 6 heteroatoms.